The van der Waals surface area contributed by atoms with E-state index in [0.29, 0.717) is 0 Å². The SMILES string of the molecule is Cc1ccc(N(c2cccs2)C(C(=O)OC(C)C)C(C)C)cc1. The van der Waals surface area contributed by atoms with Crippen molar-refractivity contribution in [1.29, 1.82) is 0 Å². The number of nitrogens with zero attached hydrogens (tertiary/aromatic N) is 1. The minimum atomic E-state index is -0.348. The molecule has 0 fully saturated rings. The van der Waals surface area contributed by atoms with Crippen molar-refractivity contribution >= 4 is 28.0 Å². The molecule has 1 atom stereocenters. The van der Waals surface area contributed by atoms with E-state index >= 15 is 0 Å². The third-order valence-corrected chi connectivity index (χ3v) is 4.43. The van der Waals surface area contributed by atoms with Crippen LogP contribution in [0.5, 0.6) is 0 Å². The van der Waals surface area contributed by atoms with Gasteiger partial charge in [0, 0.05) is 5.69 Å². The Hall–Kier alpha value is -1.81. The molecule has 1 aromatic carbocycles. The smallest absolute Gasteiger partial charge is 0.329 e. The highest BCUT2D eigenvalue weighted by Crippen LogP contribution is 2.34. The van der Waals surface area contributed by atoms with E-state index in [4.69, 9.17) is 4.74 Å². The topological polar surface area (TPSA) is 29.5 Å². The molecule has 2 aromatic rings. The molecular formula is C19H25NO2S. The molecule has 1 heterocycles. The number of ether oxygens (including phenoxy) is 1. The molecule has 0 saturated heterocycles. The zero-order valence-corrected chi connectivity index (χ0v) is 15.3. The number of benzene rings is 1. The second-order valence-electron chi connectivity index (χ2n) is 6.33. The van der Waals surface area contributed by atoms with Crippen LogP contribution in [0.1, 0.15) is 33.3 Å². The highest BCUT2D eigenvalue weighted by atomic mass is 32.1. The first-order valence-corrected chi connectivity index (χ1v) is 8.88. The van der Waals surface area contributed by atoms with Crippen molar-refractivity contribution in [2.75, 3.05) is 4.90 Å². The average Bonchev–Trinajstić information content (AvgIpc) is 2.98. The third-order valence-electron chi connectivity index (χ3n) is 3.56. The predicted octanol–water partition coefficient (Wildman–Crippen LogP) is 5.17. The Morgan fingerprint density at radius 3 is 2.22 bits per heavy atom. The maximum absolute atomic E-state index is 12.7. The summed E-state index contributed by atoms with van der Waals surface area (Å²) in [5.74, 6) is -0.0476. The van der Waals surface area contributed by atoms with Crippen LogP contribution in [0, 0.1) is 12.8 Å². The van der Waals surface area contributed by atoms with E-state index in [9.17, 15) is 4.79 Å². The van der Waals surface area contributed by atoms with Crippen molar-refractivity contribution < 1.29 is 9.53 Å². The summed E-state index contributed by atoms with van der Waals surface area (Å²) >= 11 is 1.63. The molecule has 23 heavy (non-hydrogen) atoms. The summed E-state index contributed by atoms with van der Waals surface area (Å²) in [6, 6.07) is 12.0. The van der Waals surface area contributed by atoms with E-state index in [0.717, 1.165) is 10.7 Å². The fraction of sp³-hybridized carbons (Fsp3) is 0.421. The Morgan fingerprint density at radius 1 is 1.09 bits per heavy atom. The molecule has 0 aliphatic heterocycles. The molecule has 1 unspecified atom stereocenters. The maximum Gasteiger partial charge on any atom is 0.329 e. The van der Waals surface area contributed by atoms with Gasteiger partial charge in [0.05, 0.1) is 11.1 Å². The molecule has 0 aliphatic rings. The van der Waals surface area contributed by atoms with Gasteiger partial charge in [-0.25, -0.2) is 4.79 Å². The minimum Gasteiger partial charge on any atom is -0.461 e. The Labute approximate surface area is 142 Å². The van der Waals surface area contributed by atoms with Crippen molar-refractivity contribution in [2.24, 2.45) is 5.92 Å². The van der Waals surface area contributed by atoms with Crippen molar-refractivity contribution in [2.45, 2.75) is 46.8 Å². The van der Waals surface area contributed by atoms with Crippen molar-refractivity contribution in [3.8, 4) is 0 Å². The Morgan fingerprint density at radius 2 is 1.74 bits per heavy atom. The first-order chi connectivity index (χ1) is 10.9. The van der Waals surface area contributed by atoms with Gasteiger partial charge >= 0.3 is 5.97 Å². The lowest BCUT2D eigenvalue weighted by atomic mass is 10.0. The lowest BCUT2D eigenvalue weighted by molar-refractivity contribution is -0.149. The van der Waals surface area contributed by atoms with Crippen LogP contribution < -0.4 is 4.90 Å². The normalized spacial score (nSPS) is 12.5. The molecule has 3 nitrogen and oxygen atoms in total. The minimum absolute atomic E-state index is 0.119. The first-order valence-electron chi connectivity index (χ1n) is 8.00. The molecule has 0 bridgehead atoms. The number of hydrogen-bond acceptors (Lipinski definition) is 4. The summed E-state index contributed by atoms with van der Waals surface area (Å²) < 4.78 is 5.52. The summed E-state index contributed by atoms with van der Waals surface area (Å²) in [6.07, 6.45) is -0.119. The lowest BCUT2D eigenvalue weighted by Gasteiger charge is -2.34. The van der Waals surface area contributed by atoms with E-state index < -0.39 is 0 Å². The number of carbonyl (C=O) groups is 1. The first kappa shape index (κ1) is 17.5. The van der Waals surface area contributed by atoms with E-state index in [1.165, 1.54) is 5.56 Å². The van der Waals surface area contributed by atoms with Gasteiger partial charge in [0.2, 0.25) is 0 Å². The summed E-state index contributed by atoms with van der Waals surface area (Å²) in [5, 5.41) is 3.08. The number of aryl methyl sites for hydroxylation is 1. The van der Waals surface area contributed by atoms with Crippen LogP contribution in [0.25, 0.3) is 0 Å². The van der Waals surface area contributed by atoms with E-state index in [2.05, 4.69) is 49.9 Å². The van der Waals surface area contributed by atoms with Gasteiger partial charge in [-0.05, 0) is 56.3 Å². The Bertz CT molecular complexity index is 617. The van der Waals surface area contributed by atoms with Crippen LogP contribution in [-0.4, -0.2) is 18.1 Å². The van der Waals surface area contributed by atoms with Gasteiger partial charge < -0.3 is 9.64 Å². The maximum atomic E-state index is 12.7. The van der Waals surface area contributed by atoms with E-state index in [-0.39, 0.29) is 24.0 Å². The summed E-state index contributed by atoms with van der Waals surface area (Å²) in [6.45, 7) is 9.95. The van der Waals surface area contributed by atoms with Crippen molar-refractivity contribution in [3.63, 3.8) is 0 Å². The zero-order chi connectivity index (χ0) is 17.0. The lowest BCUT2D eigenvalue weighted by Crippen LogP contribution is -2.43. The molecular weight excluding hydrogens is 306 g/mol. The van der Waals surface area contributed by atoms with Gasteiger partial charge in [-0.15, -0.1) is 11.3 Å². The van der Waals surface area contributed by atoms with Gasteiger partial charge in [-0.3, -0.25) is 0 Å². The van der Waals surface area contributed by atoms with Crippen LogP contribution in [0.4, 0.5) is 10.7 Å². The van der Waals surface area contributed by atoms with Crippen molar-refractivity contribution in [3.05, 3.63) is 47.3 Å². The molecule has 0 spiro atoms. The fourth-order valence-electron chi connectivity index (χ4n) is 2.51. The Kier molecular flexibility index (Phi) is 5.83. The standard InChI is InChI=1S/C19H25NO2S/c1-13(2)18(19(21)22-14(3)4)20(17-7-6-12-23-17)16-10-8-15(5)9-11-16/h6-14,18H,1-5H3. The number of esters is 1. The van der Waals surface area contributed by atoms with E-state index in [1.807, 2.05) is 31.4 Å². The highest BCUT2D eigenvalue weighted by Gasteiger charge is 2.32. The molecule has 124 valence electrons. The summed E-state index contributed by atoms with van der Waals surface area (Å²) in [4.78, 5) is 14.8. The Balaban J connectivity index is 2.45. The largest absolute Gasteiger partial charge is 0.461 e. The molecule has 0 N–H and O–H groups in total. The zero-order valence-electron chi connectivity index (χ0n) is 14.4. The molecule has 0 aliphatic carbocycles. The van der Waals surface area contributed by atoms with Crippen LogP contribution in [-0.2, 0) is 9.53 Å². The average molecular weight is 331 g/mol. The molecule has 4 heteroatoms. The fourth-order valence-corrected chi connectivity index (χ4v) is 3.30. The van der Waals surface area contributed by atoms with Gasteiger partial charge in [0.25, 0.3) is 0 Å². The number of hydrogen-bond donors (Lipinski definition) is 0. The van der Waals surface area contributed by atoms with Crippen LogP contribution in [0.2, 0.25) is 0 Å². The summed E-state index contributed by atoms with van der Waals surface area (Å²) in [7, 11) is 0. The second kappa shape index (κ2) is 7.64. The molecule has 2 rings (SSSR count). The van der Waals surface area contributed by atoms with Crippen LogP contribution in [0.3, 0.4) is 0 Å². The van der Waals surface area contributed by atoms with Gasteiger partial charge in [-0.1, -0.05) is 31.5 Å². The molecule has 0 amide bonds. The van der Waals surface area contributed by atoms with Crippen LogP contribution in [0.15, 0.2) is 41.8 Å². The predicted molar refractivity (Wildman–Crippen MR) is 97.5 cm³/mol. The van der Waals surface area contributed by atoms with Crippen LogP contribution >= 0.6 is 11.3 Å². The van der Waals surface area contributed by atoms with Gasteiger partial charge in [-0.2, -0.15) is 0 Å². The number of anilines is 2. The molecule has 1 aromatic heterocycles. The summed E-state index contributed by atoms with van der Waals surface area (Å²) in [5.41, 5.74) is 2.21. The number of thiophene rings is 1. The van der Waals surface area contributed by atoms with E-state index in [1.54, 1.807) is 11.3 Å². The van der Waals surface area contributed by atoms with Gasteiger partial charge in [0.1, 0.15) is 6.04 Å². The number of rotatable bonds is 6. The van der Waals surface area contributed by atoms with Gasteiger partial charge in [0.15, 0.2) is 0 Å². The third kappa shape index (κ3) is 4.35. The molecule has 0 saturated carbocycles. The second-order valence-corrected chi connectivity index (χ2v) is 7.26. The highest BCUT2D eigenvalue weighted by molar-refractivity contribution is 7.14. The quantitative estimate of drug-likeness (QED) is 0.684. The number of carbonyl (C=O) groups excluding carboxylic acids is 1. The molecule has 0 radical (unpaired) electrons. The monoisotopic (exact) mass is 331 g/mol. The van der Waals surface area contributed by atoms with Crippen molar-refractivity contribution in [1.82, 2.24) is 0 Å².